The average Bonchev–Trinajstić information content (AvgIpc) is 2.98. The van der Waals surface area contributed by atoms with Gasteiger partial charge in [0, 0.05) is 25.2 Å². The van der Waals surface area contributed by atoms with Gasteiger partial charge in [0.2, 0.25) is 11.7 Å². The van der Waals surface area contributed by atoms with Gasteiger partial charge in [-0.3, -0.25) is 4.90 Å². The van der Waals surface area contributed by atoms with Crippen LogP contribution in [0.3, 0.4) is 0 Å². The van der Waals surface area contributed by atoms with Crippen molar-refractivity contribution in [2.75, 3.05) is 26.3 Å². The highest BCUT2D eigenvalue weighted by Gasteiger charge is 2.11. The van der Waals surface area contributed by atoms with E-state index in [0.29, 0.717) is 11.7 Å². The molecule has 1 aromatic heterocycles. The Morgan fingerprint density at radius 3 is 2.55 bits per heavy atom. The second kappa shape index (κ2) is 6.13. The van der Waals surface area contributed by atoms with Crippen LogP contribution in [0.2, 0.25) is 0 Å². The summed E-state index contributed by atoms with van der Waals surface area (Å²) in [7, 11) is 0. The van der Waals surface area contributed by atoms with Crippen LogP contribution in [0.25, 0.3) is 11.4 Å². The third kappa shape index (κ3) is 3.04. The molecule has 2 aromatic rings. The van der Waals surface area contributed by atoms with E-state index < -0.39 is 0 Å². The van der Waals surface area contributed by atoms with Crippen molar-refractivity contribution >= 4 is 0 Å². The zero-order valence-electron chi connectivity index (χ0n) is 11.3. The molecule has 1 aliphatic rings. The Bertz CT molecular complexity index is 547. The highest BCUT2D eigenvalue weighted by molar-refractivity contribution is 5.54. The molecule has 106 valence electrons. The molecule has 0 saturated carbocycles. The number of nitrogens with zero attached hydrogens (tertiary/aromatic N) is 3. The van der Waals surface area contributed by atoms with Gasteiger partial charge in [-0.15, -0.1) is 0 Å². The molecule has 1 saturated heterocycles. The lowest BCUT2D eigenvalue weighted by Crippen LogP contribution is -2.35. The normalized spacial score (nSPS) is 16.4. The molecule has 2 N–H and O–H groups in total. The Hall–Kier alpha value is -1.76. The third-order valence-corrected chi connectivity index (χ3v) is 3.36. The van der Waals surface area contributed by atoms with Crippen molar-refractivity contribution in [2.24, 2.45) is 5.73 Å². The highest BCUT2D eigenvalue weighted by Crippen LogP contribution is 2.17. The largest absolute Gasteiger partial charge is 0.379 e. The average molecular weight is 274 g/mol. The van der Waals surface area contributed by atoms with Gasteiger partial charge < -0.3 is 15.0 Å². The molecule has 0 aliphatic carbocycles. The monoisotopic (exact) mass is 274 g/mol. The summed E-state index contributed by atoms with van der Waals surface area (Å²) in [6, 6.07) is 8.23. The summed E-state index contributed by atoms with van der Waals surface area (Å²) in [4.78, 5) is 6.60. The van der Waals surface area contributed by atoms with Gasteiger partial charge in [0.05, 0.1) is 19.8 Å². The van der Waals surface area contributed by atoms with Crippen molar-refractivity contribution < 1.29 is 9.26 Å². The Labute approximate surface area is 117 Å². The highest BCUT2D eigenvalue weighted by atomic mass is 16.5. The van der Waals surface area contributed by atoms with Crippen molar-refractivity contribution in [3.63, 3.8) is 0 Å². The van der Waals surface area contributed by atoms with Crippen LogP contribution in [0.15, 0.2) is 28.8 Å². The minimum Gasteiger partial charge on any atom is -0.379 e. The first-order chi connectivity index (χ1) is 9.85. The summed E-state index contributed by atoms with van der Waals surface area (Å²) in [5.41, 5.74) is 7.68. The minimum absolute atomic E-state index is 0.266. The molecule has 20 heavy (non-hydrogen) atoms. The van der Waals surface area contributed by atoms with Crippen LogP contribution in [0.1, 0.15) is 11.5 Å². The molecule has 0 amide bonds. The summed E-state index contributed by atoms with van der Waals surface area (Å²) < 4.78 is 10.4. The van der Waals surface area contributed by atoms with E-state index >= 15 is 0 Å². The van der Waals surface area contributed by atoms with Crippen LogP contribution in [0.5, 0.6) is 0 Å². The van der Waals surface area contributed by atoms with Crippen LogP contribution in [0, 0.1) is 0 Å². The zero-order chi connectivity index (χ0) is 13.8. The smallest absolute Gasteiger partial charge is 0.240 e. The standard InChI is InChI=1S/C14H18N4O2/c15-9-13-16-14(17-20-13)12-3-1-11(2-4-12)10-18-5-7-19-8-6-18/h1-4H,5-10,15H2. The van der Waals surface area contributed by atoms with Crippen LogP contribution >= 0.6 is 0 Å². The molecular formula is C14H18N4O2. The number of hydrogen-bond donors (Lipinski definition) is 1. The quantitative estimate of drug-likeness (QED) is 0.897. The fraction of sp³-hybridized carbons (Fsp3) is 0.429. The first-order valence-corrected chi connectivity index (χ1v) is 6.77. The van der Waals surface area contributed by atoms with Crippen LogP contribution in [-0.4, -0.2) is 41.3 Å². The topological polar surface area (TPSA) is 77.4 Å². The molecule has 2 heterocycles. The van der Waals surface area contributed by atoms with Gasteiger partial charge in [-0.1, -0.05) is 29.4 Å². The molecule has 3 rings (SSSR count). The van der Waals surface area contributed by atoms with Crippen LogP contribution in [0.4, 0.5) is 0 Å². The number of rotatable bonds is 4. The van der Waals surface area contributed by atoms with Crippen molar-refractivity contribution in [1.82, 2.24) is 15.0 Å². The summed E-state index contributed by atoms with van der Waals surface area (Å²) in [6.07, 6.45) is 0. The van der Waals surface area contributed by atoms with E-state index in [1.165, 1.54) is 5.56 Å². The van der Waals surface area contributed by atoms with Gasteiger partial charge in [-0.2, -0.15) is 4.98 Å². The second-order valence-electron chi connectivity index (χ2n) is 4.80. The molecular weight excluding hydrogens is 256 g/mol. The first kappa shape index (κ1) is 13.2. The van der Waals surface area contributed by atoms with Crippen LogP contribution < -0.4 is 5.73 Å². The first-order valence-electron chi connectivity index (χ1n) is 6.77. The molecule has 0 radical (unpaired) electrons. The minimum atomic E-state index is 0.266. The summed E-state index contributed by atoms with van der Waals surface area (Å²) >= 11 is 0. The van der Waals surface area contributed by atoms with E-state index in [4.69, 9.17) is 15.0 Å². The van der Waals surface area contributed by atoms with Crippen molar-refractivity contribution in [2.45, 2.75) is 13.1 Å². The van der Waals surface area contributed by atoms with E-state index in [9.17, 15) is 0 Å². The van der Waals surface area contributed by atoms with Gasteiger partial charge in [-0.05, 0) is 5.56 Å². The Balaban J connectivity index is 1.67. The Morgan fingerprint density at radius 2 is 1.90 bits per heavy atom. The fourth-order valence-electron chi connectivity index (χ4n) is 2.23. The molecule has 0 bridgehead atoms. The predicted molar refractivity (Wildman–Crippen MR) is 73.7 cm³/mol. The van der Waals surface area contributed by atoms with Gasteiger partial charge >= 0.3 is 0 Å². The SMILES string of the molecule is NCc1nc(-c2ccc(CN3CCOCC3)cc2)no1. The molecule has 1 fully saturated rings. The van der Waals surface area contributed by atoms with Crippen molar-refractivity contribution in [3.8, 4) is 11.4 Å². The summed E-state index contributed by atoms with van der Waals surface area (Å²) in [6.45, 7) is 4.84. The van der Waals surface area contributed by atoms with E-state index in [1.807, 2.05) is 12.1 Å². The van der Waals surface area contributed by atoms with Gasteiger partial charge in [0.25, 0.3) is 0 Å². The lowest BCUT2D eigenvalue weighted by molar-refractivity contribution is 0.0342. The lowest BCUT2D eigenvalue weighted by atomic mass is 10.1. The van der Waals surface area contributed by atoms with E-state index in [2.05, 4.69) is 27.2 Å². The number of nitrogens with two attached hydrogens (primary N) is 1. The predicted octanol–water partition coefficient (Wildman–Crippen LogP) is 1.03. The van der Waals surface area contributed by atoms with E-state index in [0.717, 1.165) is 38.4 Å². The third-order valence-electron chi connectivity index (χ3n) is 3.36. The number of benzene rings is 1. The van der Waals surface area contributed by atoms with Gasteiger partial charge in [0.1, 0.15) is 0 Å². The molecule has 6 heteroatoms. The van der Waals surface area contributed by atoms with E-state index in [-0.39, 0.29) is 6.54 Å². The summed E-state index contributed by atoms with van der Waals surface area (Å²) in [5.74, 6) is 1.04. The maximum atomic E-state index is 5.46. The second-order valence-corrected chi connectivity index (χ2v) is 4.80. The molecule has 1 aromatic carbocycles. The fourth-order valence-corrected chi connectivity index (χ4v) is 2.23. The van der Waals surface area contributed by atoms with Crippen molar-refractivity contribution in [1.29, 1.82) is 0 Å². The molecule has 0 unspecified atom stereocenters. The molecule has 6 nitrogen and oxygen atoms in total. The maximum absolute atomic E-state index is 5.46. The van der Waals surface area contributed by atoms with Gasteiger partial charge in [0.15, 0.2) is 0 Å². The van der Waals surface area contributed by atoms with Crippen LogP contribution in [-0.2, 0) is 17.8 Å². The number of aromatic nitrogens is 2. The molecule has 0 atom stereocenters. The Kier molecular flexibility index (Phi) is 4.05. The number of morpholine rings is 1. The molecule has 0 spiro atoms. The number of ether oxygens (including phenoxy) is 1. The Morgan fingerprint density at radius 1 is 1.15 bits per heavy atom. The van der Waals surface area contributed by atoms with Gasteiger partial charge in [-0.25, -0.2) is 0 Å². The molecule has 1 aliphatic heterocycles. The summed E-state index contributed by atoms with van der Waals surface area (Å²) in [5, 5.41) is 3.91. The number of hydrogen-bond acceptors (Lipinski definition) is 6. The lowest BCUT2D eigenvalue weighted by Gasteiger charge is -2.26. The maximum Gasteiger partial charge on any atom is 0.240 e. The van der Waals surface area contributed by atoms with Crippen molar-refractivity contribution in [3.05, 3.63) is 35.7 Å². The van der Waals surface area contributed by atoms with E-state index in [1.54, 1.807) is 0 Å². The zero-order valence-corrected chi connectivity index (χ0v) is 11.3.